The van der Waals surface area contributed by atoms with Crippen molar-refractivity contribution in [3.63, 3.8) is 0 Å². The average Bonchev–Trinajstić information content (AvgIpc) is 3.46. The summed E-state index contributed by atoms with van der Waals surface area (Å²) in [6, 6.07) is 22.2. The van der Waals surface area contributed by atoms with E-state index in [0.29, 0.717) is 13.1 Å². The van der Waals surface area contributed by atoms with Crippen molar-refractivity contribution in [1.29, 1.82) is 0 Å². The Kier molecular flexibility index (Phi) is 6.14. The number of benzene rings is 4. The number of primary amides is 1. The molecule has 0 saturated heterocycles. The molecule has 7 heteroatoms. The molecule has 5 aromatic rings. The zero-order chi connectivity index (χ0) is 28.1. The Morgan fingerprint density at radius 1 is 0.975 bits per heavy atom. The van der Waals surface area contributed by atoms with Crippen LogP contribution >= 0.6 is 0 Å². The number of nitrogens with zero attached hydrogens (tertiary/aromatic N) is 1. The van der Waals surface area contributed by atoms with Gasteiger partial charge in [0.05, 0.1) is 18.5 Å². The Hall–Kier alpha value is -4.91. The summed E-state index contributed by atoms with van der Waals surface area (Å²) in [6.45, 7) is 6.51. The standard InChI is InChI=1S/C33H30N4O3/c1-18-7-9-23-17-37(33(40)27(23)13-18)29-6-4-5-24(19(29)2)25-12-10-22(15-30(34)39)32-31(25)26-11-8-21(14-28(26)36-32)16-35-20(3)38/h4-14,36H,15-17H2,1-3H3,(H2,34,39)(H,35,38). The second kappa shape index (κ2) is 9.68. The molecule has 6 rings (SSSR count). The van der Waals surface area contributed by atoms with Gasteiger partial charge in [-0.15, -0.1) is 0 Å². The minimum Gasteiger partial charge on any atom is -0.369 e. The van der Waals surface area contributed by atoms with Gasteiger partial charge in [-0.2, -0.15) is 0 Å². The minimum absolute atomic E-state index is 0.0136. The van der Waals surface area contributed by atoms with Crippen molar-refractivity contribution in [3.8, 4) is 11.1 Å². The zero-order valence-corrected chi connectivity index (χ0v) is 22.7. The number of aromatic amines is 1. The maximum Gasteiger partial charge on any atom is 0.258 e. The Morgan fingerprint density at radius 3 is 2.58 bits per heavy atom. The van der Waals surface area contributed by atoms with Crippen LogP contribution in [0.1, 0.15) is 45.1 Å². The van der Waals surface area contributed by atoms with Crippen LogP contribution < -0.4 is 16.0 Å². The molecule has 4 N–H and O–H groups in total. The number of aryl methyl sites for hydroxylation is 1. The van der Waals surface area contributed by atoms with E-state index in [1.54, 1.807) is 0 Å². The number of H-pyrrole nitrogens is 1. The quantitative estimate of drug-likeness (QED) is 0.272. The second-order valence-electron chi connectivity index (χ2n) is 10.6. The van der Waals surface area contributed by atoms with Gasteiger partial charge in [-0.05, 0) is 65.4 Å². The average molecular weight is 531 g/mol. The SMILES string of the molecule is CC(=O)NCc1ccc2c(c1)[nH]c1c(CC(N)=O)ccc(-c3cccc(N4Cc5ccc(C)cc5C4=O)c3C)c12. The molecule has 0 saturated carbocycles. The van der Waals surface area contributed by atoms with Gasteiger partial charge >= 0.3 is 0 Å². The van der Waals surface area contributed by atoms with Crippen LogP contribution in [-0.4, -0.2) is 22.7 Å². The van der Waals surface area contributed by atoms with Gasteiger partial charge in [0.25, 0.3) is 5.91 Å². The number of carbonyl (C=O) groups excluding carboxylic acids is 3. The molecular formula is C33H30N4O3. The van der Waals surface area contributed by atoms with Crippen molar-refractivity contribution >= 4 is 45.2 Å². The molecule has 1 aliphatic rings. The van der Waals surface area contributed by atoms with Crippen molar-refractivity contribution in [2.45, 2.75) is 40.3 Å². The first kappa shape index (κ1) is 25.4. The second-order valence-corrected chi connectivity index (χ2v) is 10.6. The molecule has 0 atom stereocenters. The van der Waals surface area contributed by atoms with Crippen molar-refractivity contribution < 1.29 is 14.4 Å². The van der Waals surface area contributed by atoms with Gasteiger partial charge in [0, 0.05) is 41.0 Å². The molecule has 200 valence electrons. The number of fused-ring (bicyclic) bond motifs is 4. The number of carbonyl (C=O) groups is 3. The molecular weight excluding hydrogens is 500 g/mol. The van der Waals surface area contributed by atoms with E-state index in [4.69, 9.17) is 5.73 Å². The lowest BCUT2D eigenvalue weighted by Crippen LogP contribution is -2.24. The number of hydrogen-bond acceptors (Lipinski definition) is 3. The molecule has 1 aromatic heterocycles. The maximum atomic E-state index is 13.4. The Morgan fingerprint density at radius 2 is 1.80 bits per heavy atom. The van der Waals surface area contributed by atoms with Gasteiger partial charge < -0.3 is 20.9 Å². The molecule has 40 heavy (non-hydrogen) atoms. The summed E-state index contributed by atoms with van der Waals surface area (Å²) < 4.78 is 0. The van der Waals surface area contributed by atoms with Crippen molar-refractivity contribution in [2.75, 3.05) is 4.90 Å². The molecule has 0 spiro atoms. The predicted octanol–water partition coefficient (Wildman–Crippen LogP) is 5.43. The summed E-state index contributed by atoms with van der Waals surface area (Å²) in [6.07, 6.45) is 0.112. The number of amides is 3. The van der Waals surface area contributed by atoms with Crippen molar-refractivity contribution in [1.82, 2.24) is 10.3 Å². The molecule has 0 aliphatic carbocycles. The summed E-state index contributed by atoms with van der Waals surface area (Å²) in [7, 11) is 0. The third-order valence-electron chi connectivity index (χ3n) is 7.77. The topological polar surface area (TPSA) is 108 Å². The number of hydrogen-bond donors (Lipinski definition) is 3. The molecule has 7 nitrogen and oxygen atoms in total. The van der Waals surface area contributed by atoms with Gasteiger partial charge in [-0.1, -0.05) is 54.1 Å². The third kappa shape index (κ3) is 4.29. The van der Waals surface area contributed by atoms with E-state index in [0.717, 1.165) is 72.0 Å². The molecule has 1 aliphatic heterocycles. The van der Waals surface area contributed by atoms with Gasteiger partial charge in [-0.3, -0.25) is 14.4 Å². The number of aromatic nitrogens is 1. The largest absolute Gasteiger partial charge is 0.369 e. The molecule has 0 unspecified atom stereocenters. The number of anilines is 1. The number of nitrogens with two attached hydrogens (primary N) is 1. The van der Waals surface area contributed by atoms with Crippen LogP contribution in [0.15, 0.2) is 66.7 Å². The highest BCUT2D eigenvalue weighted by Gasteiger charge is 2.30. The van der Waals surface area contributed by atoms with E-state index in [1.165, 1.54) is 6.92 Å². The van der Waals surface area contributed by atoms with E-state index < -0.39 is 5.91 Å². The van der Waals surface area contributed by atoms with Gasteiger partial charge in [0.1, 0.15) is 0 Å². The highest BCUT2D eigenvalue weighted by atomic mass is 16.2. The molecule has 2 heterocycles. The van der Waals surface area contributed by atoms with Crippen LogP contribution in [0.5, 0.6) is 0 Å². The van der Waals surface area contributed by atoms with Gasteiger partial charge in [0.2, 0.25) is 11.8 Å². The molecule has 0 bridgehead atoms. The van der Waals surface area contributed by atoms with E-state index in [-0.39, 0.29) is 18.2 Å². The van der Waals surface area contributed by atoms with Crippen LogP contribution in [0.3, 0.4) is 0 Å². The summed E-state index contributed by atoms with van der Waals surface area (Å²) >= 11 is 0. The maximum absolute atomic E-state index is 13.4. The highest BCUT2D eigenvalue weighted by molar-refractivity contribution is 6.16. The fourth-order valence-electron chi connectivity index (χ4n) is 5.83. The predicted molar refractivity (Wildman–Crippen MR) is 158 cm³/mol. The Bertz CT molecular complexity index is 1870. The van der Waals surface area contributed by atoms with E-state index in [2.05, 4.69) is 23.3 Å². The van der Waals surface area contributed by atoms with E-state index >= 15 is 0 Å². The molecule has 0 fully saturated rings. The molecule has 4 aromatic carbocycles. The first-order valence-corrected chi connectivity index (χ1v) is 13.3. The monoisotopic (exact) mass is 530 g/mol. The Labute approximate surface area is 232 Å². The van der Waals surface area contributed by atoms with Crippen LogP contribution in [0.25, 0.3) is 32.9 Å². The fourth-order valence-corrected chi connectivity index (χ4v) is 5.83. The van der Waals surface area contributed by atoms with Crippen LogP contribution in [-0.2, 0) is 29.1 Å². The van der Waals surface area contributed by atoms with Gasteiger partial charge in [-0.25, -0.2) is 0 Å². The Balaban J connectivity index is 1.50. The highest BCUT2D eigenvalue weighted by Crippen LogP contribution is 2.41. The zero-order valence-electron chi connectivity index (χ0n) is 22.7. The summed E-state index contributed by atoms with van der Waals surface area (Å²) in [4.78, 5) is 42.1. The van der Waals surface area contributed by atoms with E-state index in [9.17, 15) is 14.4 Å². The summed E-state index contributed by atoms with van der Waals surface area (Å²) in [5.74, 6) is -0.480. The molecule has 3 amide bonds. The van der Waals surface area contributed by atoms with Crippen molar-refractivity contribution in [2.24, 2.45) is 5.73 Å². The lowest BCUT2D eigenvalue weighted by atomic mass is 9.92. The van der Waals surface area contributed by atoms with Crippen LogP contribution in [0.2, 0.25) is 0 Å². The fraction of sp³-hybridized carbons (Fsp3) is 0.182. The summed E-state index contributed by atoms with van der Waals surface area (Å²) in [5, 5.41) is 4.84. The number of nitrogens with one attached hydrogen (secondary N) is 2. The van der Waals surface area contributed by atoms with Crippen molar-refractivity contribution in [3.05, 3.63) is 100 Å². The lowest BCUT2D eigenvalue weighted by molar-refractivity contribution is -0.119. The first-order valence-electron chi connectivity index (χ1n) is 13.3. The summed E-state index contributed by atoms with van der Waals surface area (Å²) in [5.41, 5.74) is 15.9. The number of rotatable bonds is 6. The molecule has 0 radical (unpaired) electrons. The van der Waals surface area contributed by atoms with Gasteiger partial charge in [0.15, 0.2) is 0 Å². The van der Waals surface area contributed by atoms with Crippen LogP contribution in [0, 0.1) is 13.8 Å². The van der Waals surface area contributed by atoms with Crippen LogP contribution in [0.4, 0.5) is 5.69 Å². The lowest BCUT2D eigenvalue weighted by Gasteiger charge is -2.21. The first-order chi connectivity index (χ1) is 19.2. The smallest absolute Gasteiger partial charge is 0.258 e. The van der Waals surface area contributed by atoms with E-state index in [1.807, 2.05) is 72.5 Å². The normalized spacial score (nSPS) is 12.8. The minimum atomic E-state index is -0.403. The third-order valence-corrected chi connectivity index (χ3v) is 7.77.